The van der Waals surface area contributed by atoms with Crippen LogP contribution in [0.1, 0.15) is 48.2 Å². The highest BCUT2D eigenvalue weighted by molar-refractivity contribution is 5.79. The smallest absolute Gasteiger partial charge is 0.227 e. The van der Waals surface area contributed by atoms with E-state index in [-0.39, 0.29) is 12.3 Å². The van der Waals surface area contributed by atoms with E-state index in [0.29, 0.717) is 50.0 Å². The van der Waals surface area contributed by atoms with Gasteiger partial charge < -0.3 is 19.3 Å². The molecule has 2 fully saturated rings. The van der Waals surface area contributed by atoms with E-state index in [9.17, 15) is 9.18 Å². The molecule has 6 rings (SSSR count). The third kappa shape index (κ3) is 6.09. The number of nitrogens with one attached hydrogen (secondary N) is 1. The monoisotopic (exact) mass is 549 g/mol. The molecule has 1 aromatic carbocycles. The second kappa shape index (κ2) is 11.9. The van der Waals surface area contributed by atoms with Crippen LogP contribution in [-0.2, 0) is 35.5 Å². The van der Waals surface area contributed by atoms with Crippen molar-refractivity contribution in [3.05, 3.63) is 58.9 Å². The Bertz CT molecular complexity index is 1310. The van der Waals surface area contributed by atoms with Crippen LogP contribution in [0.25, 0.3) is 0 Å². The fourth-order valence-electron chi connectivity index (χ4n) is 6.14. The fraction of sp³-hybridized carbons (Fsp3) is 0.552. The van der Waals surface area contributed by atoms with Crippen LogP contribution in [0.2, 0.25) is 0 Å². The van der Waals surface area contributed by atoms with Crippen LogP contribution in [0.3, 0.4) is 0 Å². The molecule has 2 atom stereocenters. The summed E-state index contributed by atoms with van der Waals surface area (Å²) in [7, 11) is 1.67. The number of hydrogen-bond acceptors (Lipinski definition) is 8. The number of halogens is 1. The Balaban J connectivity index is 0.909. The van der Waals surface area contributed by atoms with Crippen molar-refractivity contribution in [3.8, 4) is 5.75 Å². The molecule has 1 unspecified atom stereocenters. The summed E-state index contributed by atoms with van der Waals surface area (Å²) in [5.74, 6) is 2.97. The molecule has 0 spiro atoms. The maximum atomic E-state index is 14.8. The number of ether oxygens (including phenoxy) is 2. The number of aromatic nitrogens is 5. The summed E-state index contributed by atoms with van der Waals surface area (Å²) >= 11 is 0. The predicted octanol–water partition coefficient (Wildman–Crippen LogP) is 3.33. The Morgan fingerprint density at radius 3 is 2.70 bits per heavy atom. The molecule has 40 heavy (non-hydrogen) atoms. The molecule has 0 radical (unpaired) electrons. The lowest BCUT2D eigenvalue weighted by atomic mass is 9.90. The SMILES string of the molecule is COCc1cnc(N2CCC([C@H]3CC3CCOc3ccc(CC(=O)N4CCc5n[nH]nc5C4)c(F)c3)CC2)nc1. The highest BCUT2D eigenvalue weighted by atomic mass is 19.1. The minimum absolute atomic E-state index is 0.0210. The van der Waals surface area contributed by atoms with Crippen molar-refractivity contribution in [2.24, 2.45) is 17.8 Å². The maximum Gasteiger partial charge on any atom is 0.227 e. The molecule has 0 bridgehead atoms. The Morgan fingerprint density at radius 2 is 1.93 bits per heavy atom. The molecule has 2 aliphatic heterocycles. The van der Waals surface area contributed by atoms with Crippen molar-refractivity contribution in [3.63, 3.8) is 0 Å². The van der Waals surface area contributed by atoms with Crippen LogP contribution in [-0.4, -0.2) is 69.5 Å². The van der Waals surface area contributed by atoms with Crippen LogP contribution in [0, 0.1) is 23.6 Å². The summed E-state index contributed by atoms with van der Waals surface area (Å²) in [6.07, 6.45) is 8.92. The van der Waals surface area contributed by atoms with E-state index in [1.807, 2.05) is 12.4 Å². The molecule has 1 saturated carbocycles. The molecule has 1 amide bonds. The number of anilines is 1. The van der Waals surface area contributed by atoms with Crippen LogP contribution >= 0.6 is 0 Å². The van der Waals surface area contributed by atoms with Crippen LogP contribution < -0.4 is 9.64 Å². The summed E-state index contributed by atoms with van der Waals surface area (Å²) in [6, 6.07) is 4.83. The van der Waals surface area contributed by atoms with Gasteiger partial charge in [0.25, 0.3) is 0 Å². The highest BCUT2D eigenvalue weighted by Gasteiger charge is 2.43. The first kappa shape index (κ1) is 26.6. The number of H-pyrrole nitrogens is 1. The minimum atomic E-state index is -0.404. The Kier molecular flexibility index (Phi) is 7.90. The van der Waals surface area contributed by atoms with Gasteiger partial charge in [-0.15, -0.1) is 0 Å². The molecule has 1 saturated heterocycles. The molecule has 10 nitrogen and oxygen atoms in total. The van der Waals surface area contributed by atoms with Crippen molar-refractivity contribution in [2.45, 2.75) is 51.7 Å². The number of hydrogen-bond donors (Lipinski definition) is 1. The molecule has 3 aromatic rings. The van der Waals surface area contributed by atoms with Crippen LogP contribution in [0.15, 0.2) is 30.6 Å². The summed E-state index contributed by atoms with van der Waals surface area (Å²) in [5, 5.41) is 10.8. The second-order valence-electron chi connectivity index (χ2n) is 11.2. The number of aromatic amines is 1. The van der Waals surface area contributed by atoms with Gasteiger partial charge in [-0.1, -0.05) is 6.07 Å². The van der Waals surface area contributed by atoms with E-state index in [2.05, 4.69) is 30.3 Å². The summed E-state index contributed by atoms with van der Waals surface area (Å²) in [6.45, 7) is 4.06. The molecule has 1 aliphatic carbocycles. The van der Waals surface area contributed by atoms with Gasteiger partial charge in [-0.25, -0.2) is 14.4 Å². The van der Waals surface area contributed by atoms with Crippen LogP contribution in [0.5, 0.6) is 5.75 Å². The van der Waals surface area contributed by atoms with Crippen molar-refractivity contribution < 1.29 is 18.7 Å². The number of carbonyl (C=O) groups excluding carboxylic acids is 1. The topological polar surface area (TPSA) is 109 Å². The molecular weight excluding hydrogens is 513 g/mol. The lowest BCUT2D eigenvalue weighted by Crippen LogP contribution is -2.37. The van der Waals surface area contributed by atoms with Crippen molar-refractivity contribution in [1.29, 1.82) is 0 Å². The van der Waals surface area contributed by atoms with E-state index < -0.39 is 5.82 Å². The quantitative estimate of drug-likeness (QED) is 0.410. The van der Waals surface area contributed by atoms with Crippen molar-refractivity contribution in [2.75, 3.05) is 38.3 Å². The number of amides is 1. The normalized spacial score (nSPS) is 20.9. The largest absolute Gasteiger partial charge is 0.493 e. The average Bonchev–Trinajstić information content (AvgIpc) is 3.59. The molecule has 212 valence electrons. The van der Waals surface area contributed by atoms with E-state index >= 15 is 0 Å². The van der Waals surface area contributed by atoms with Crippen molar-refractivity contribution >= 4 is 11.9 Å². The molecule has 11 heteroatoms. The number of piperidine rings is 1. The molecular formula is C29H36FN7O3. The summed E-state index contributed by atoms with van der Waals surface area (Å²) in [4.78, 5) is 25.7. The first-order valence-corrected chi connectivity index (χ1v) is 14.2. The highest BCUT2D eigenvalue weighted by Crippen LogP contribution is 2.49. The predicted molar refractivity (Wildman–Crippen MR) is 145 cm³/mol. The standard InChI is InChI=1S/C29H36FN7O3/c1-39-18-19-15-31-29(32-16-19)36-8-4-20(5-9-36)24-12-21(24)7-11-40-23-3-2-22(25(30)14-23)13-28(38)37-10-6-26-27(17-37)34-35-33-26/h2-3,14-16,20-21,24H,4-13,17-18H2,1H3,(H,33,34,35)/t21?,24-/m1/s1. The summed E-state index contributed by atoms with van der Waals surface area (Å²) < 4.78 is 25.8. The van der Waals surface area contributed by atoms with E-state index in [1.165, 1.54) is 12.5 Å². The Hall–Kier alpha value is -3.60. The minimum Gasteiger partial charge on any atom is -0.493 e. The van der Waals surface area contributed by atoms with Gasteiger partial charge in [0, 0.05) is 57.2 Å². The molecule has 2 aromatic heterocycles. The third-order valence-electron chi connectivity index (χ3n) is 8.55. The third-order valence-corrected chi connectivity index (χ3v) is 8.55. The number of rotatable bonds is 10. The van der Waals surface area contributed by atoms with Gasteiger partial charge in [0.05, 0.1) is 31.9 Å². The lowest BCUT2D eigenvalue weighted by Gasteiger charge is -2.32. The zero-order valence-electron chi connectivity index (χ0n) is 22.9. The van der Waals surface area contributed by atoms with Crippen LogP contribution in [0.4, 0.5) is 10.3 Å². The zero-order chi connectivity index (χ0) is 27.5. The second-order valence-corrected chi connectivity index (χ2v) is 11.2. The number of fused-ring (bicyclic) bond motifs is 1. The number of nitrogens with zero attached hydrogens (tertiary/aromatic N) is 6. The first-order valence-electron chi connectivity index (χ1n) is 14.2. The van der Waals surface area contributed by atoms with Gasteiger partial charge >= 0.3 is 0 Å². The Morgan fingerprint density at radius 1 is 1.12 bits per heavy atom. The summed E-state index contributed by atoms with van der Waals surface area (Å²) in [5.41, 5.74) is 3.05. The molecule has 4 heterocycles. The Labute approximate surface area is 233 Å². The van der Waals surface area contributed by atoms with Crippen molar-refractivity contribution in [1.82, 2.24) is 30.3 Å². The van der Waals surface area contributed by atoms with Gasteiger partial charge in [-0.2, -0.15) is 15.4 Å². The van der Waals surface area contributed by atoms with Gasteiger partial charge in [-0.05, 0) is 55.1 Å². The zero-order valence-corrected chi connectivity index (χ0v) is 22.9. The molecule has 3 aliphatic rings. The number of benzene rings is 1. The number of methoxy groups -OCH3 is 1. The lowest BCUT2D eigenvalue weighted by molar-refractivity contribution is -0.131. The maximum absolute atomic E-state index is 14.8. The first-order chi connectivity index (χ1) is 19.6. The van der Waals surface area contributed by atoms with Gasteiger partial charge in [-0.3, -0.25) is 4.79 Å². The van der Waals surface area contributed by atoms with Gasteiger partial charge in [0.15, 0.2) is 0 Å². The molecule has 1 N–H and O–H groups in total. The van der Waals surface area contributed by atoms with Gasteiger partial charge in [0.2, 0.25) is 11.9 Å². The van der Waals surface area contributed by atoms with E-state index in [0.717, 1.165) is 67.1 Å². The fourth-order valence-corrected chi connectivity index (χ4v) is 6.14. The van der Waals surface area contributed by atoms with Gasteiger partial charge in [0.1, 0.15) is 17.3 Å². The number of carbonyl (C=O) groups is 1. The average molecular weight is 550 g/mol. The van der Waals surface area contributed by atoms with E-state index in [4.69, 9.17) is 9.47 Å². The van der Waals surface area contributed by atoms with E-state index in [1.54, 1.807) is 24.1 Å².